The number of esters is 4. The molecule has 0 aromatic rings. The van der Waals surface area contributed by atoms with Gasteiger partial charge in [-0.1, -0.05) is 131 Å². The first kappa shape index (κ1) is 133. The van der Waals surface area contributed by atoms with Gasteiger partial charge in [-0.2, -0.15) is 0 Å². The van der Waals surface area contributed by atoms with Crippen molar-refractivity contribution < 1.29 is 182 Å². The number of ether oxygens (including phenoxy) is 11. The van der Waals surface area contributed by atoms with Crippen molar-refractivity contribution in [2.24, 2.45) is 5.92 Å². The van der Waals surface area contributed by atoms with Crippen molar-refractivity contribution in [1.82, 2.24) is 0 Å². The molecular formula is C63H94F24O16Rf8Si2-8. The van der Waals surface area contributed by atoms with E-state index in [1.54, 1.807) is 0 Å². The summed E-state index contributed by atoms with van der Waals surface area (Å²) < 4.78 is 343. The van der Waals surface area contributed by atoms with E-state index in [4.69, 9.17) is 24.1 Å². The molecule has 113 heavy (non-hydrogen) atoms. The van der Waals surface area contributed by atoms with Crippen LogP contribution < -0.4 is 0 Å². The summed E-state index contributed by atoms with van der Waals surface area (Å²) in [6.45, 7) is 16.8. The minimum absolute atomic E-state index is 0. The van der Waals surface area contributed by atoms with Crippen LogP contribution in [0.2, 0.25) is 51.4 Å². The standard InChI is InChI=1S/C13H16F6O4.C13H22F6O2Si.C10H14F3O4.C10H14F3O3.C9H18F3OSi.C8H10F3O2.8Rf/c1-9(2)11(20)23-10(3-21-7-12(16,17)5-14)4-22-8-13(18,19)6-15;1-22(2,3)6-11(4-20-9-12(16,17)7-14)5-21-10-13(18,19)8-15;1-7(2)9(15)17-4-8(14)3-16-6-10(12,13)5-11;1-7(2)9(14)16-8(3)4-15-6-10(12,13)5-11;1-14(2,3)6-4-5-13-8-9(11,12)7-10;1-5(2)7(12)13-6(3)8(10,11)4-9;;;;;;;;/h5-6,10H,1,3-4,7-8H2,2H3;7-8,11H,4-6,9-10H2,1-3H3;5,8,14H,1,3-4,6H2,2H3;5,8H,1,4,6H2,2-3H3;7H,4-6,8H2,1-3H3;4,6H,1H2,2-3H3;;;;;;;;/q2*-2;4*-1;;;;;;;;. The van der Waals surface area contributed by atoms with Crippen molar-refractivity contribution in [3.05, 3.63) is 102 Å². The van der Waals surface area contributed by atoms with Gasteiger partial charge in [-0.25, -0.2) is 89.4 Å². The average Bonchev–Trinajstić information content (AvgIpc) is 0.880. The Hall–Kier alpha value is -12.7. The van der Waals surface area contributed by atoms with Gasteiger partial charge in [0.25, 0.3) is 0 Å². The van der Waals surface area contributed by atoms with Gasteiger partial charge >= 0.3 is 23.9 Å². The van der Waals surface area contributed by atoms with Gasteiger partial charge in [0.1, 0.15) is 31.0 Å². The zero-order chi connectivity index (χ0) is 83.7. The monoisotopic (exact) mass is 3760 g/mol. The van der Waals surface area contributed by atoms with Crippen LogP contribution in [0.15, 0.2) is 48.6 Å². The van der Waals surface area contributed by atoms with Crippen molar-refractivity contribution in [2.75, 3.05) is 99.1 Å². The van der Waals surface area contributed by atoms with Crippen molar-refractivity contribution >= 4 is 40.0 Å². The normalized spacial score (nSPS) is 12.3. The number of hydrogen-bond acceptors (Lipinski definition) is 16. The van der Waals surface area contributed by atoms with Crippen LogP contribution in [-0.4, -0.2) is 216 Å². The molecule has 0 aromatic carbocycles. The fourth-order valence-electron chi connectivity index (χ4n) is 5.69. The summed E-state index contributed by atoms with van der Waals surface area (Å²) in [6, 6.07) is 1.63. The zero-order valence-corrected chi connectivity index (χ0v) is 119. The van der Waals surface area contributed by atoms with Gasteiger partial charge in [0, 0.05) is 51.0 Å². The molecule has 0 spiro atoms. The minimum atomic E-state index is -3.85. The third kappa shape index (κ3) is 81.6. The van der Waals surface area contributed by atoms with E-state index in [0.717, 1.165) is 19.4 Å². The number of rotatable bonds is 50. The molecule has 0 amide bonds. The molecule has 0 bridgehead atoms. The van der Waals surface area contributed by atoms with E-state index in [1.807, 2.05) is 19.6 Å². The molecule has 3 unspecified atom stereocenters. The summed E-state index contributed by atoms with van der Waals surface area (Å²) in [5.74, 6) is -33.2. The molecular weight excluding hydrogens is 3660 g/mol. The number of carbonyl (C=O) groups excluding carboxylic acids is 4. The van der Waals surface area contributed by atoms with Gasteiger partial charge in [-0.05, 0) is 48.0 Å². The van der Waals surface area contributed by atoms with Crippen molar-refractivity contribution in [3.63, 3.8) is 0 Å². The van der Waals surface area contributed by atoms with Crippen LogP contribution in [0.3, 0.4) is 0 Å². The molecule has 0 aliphatic rings. The van der Waals surface area contributed by atoms with E-state index < -0.39 is 244 Å². The van der Waals surface area contributed by atoms with E-state index in [-0.39, 0.29) is 48.7 Å². The molecule has 0 radical (unpaired) electrons. The van der Waals surface area contributed by atoms with Crippen LogP contribution in [-0.2, 0) is 71.3 Å². The predicted octanol–water partition coefficient (Wildman–Crippen LogP) is 16.8. The van der Waals surface area contributed by atoms with Crippen LogP contribution in [0.5, 0.6) is 0 Å². The summed E-state index contributed by atoms with van der Waals surface area (Å²) in [6.07, 6.45) is -4.35. The number of alkyl halides is 16. The summed E-state index contributed by atoms with van der Waals surface area (Å²) in [4.78, 5) is 43.9. The van der Waals surface area contributed by atoms with Gasteiger partial charge in [0.05, 0.1) is 85.9 Å². The maximum atomic E-state index is 12.7. The Bertz CT molecular complexity index is 2410. The van der Waals surface area contributed by atoms with E-state index in [2.05, 4.69) is 79.1 Å². The molecule has 0 aliphatic carbocycles. The average molecular weight is 3760 g/mol. The van der Waals surface area contributed by atoms with Crippen LogP contribution in [0.4, 0.5) is 105 Å². The van der Waals surface area contributed by atoms with Crippen molar-refractivity contribution in [2.45, 2.75) is 171 Å². The molecule has 0 saturated carbocycles. The van der Waals surface area contributed by atoms with Gasteiger partial charge in [-0.15, -0.1) is 0 Å². The molecule has 16 nitrogen and oxygen atoms in total. The fraction of sp³-hybridized carbons (Fsp3) is 0.683. The Morgan fingerprint density at radius 3 is 0.903 bits per heavy atom. The molecule has 50 heteroatoms. The summed E-state index contributed by atoms with van der Waals surface area (Å²) >= 11 is 0. The Morgan fingerprint density at radius 2 is 0.628 bits per heavy atom. The Balaban J connectivity index is -0.0000000864. The largest absolute Gasteiger partial charge is 0.460 e. The maximum absolute atomic E-state index is 12.7. The molecule has 3 atom stereocenters. The molecule has 1 N–H and O–H groups in total. The maximum Gasteiger partial charge on any atom is 0.333 e. The van der Waals surface area contributed by atoms with Gasteiger partial charge < -0.3 is 92.3 Å². The van der Waals surface area contributed by atoms with Crippen LogP contribution in [0.1, 0.15) is 48.0 Å². The minimum Gasteiger partial charge on any atom is -0.460 e. The molecule has 0 fully saturated rings. The Kier molecular flexibility index (Phi) is 74.1. The van der Waals surface area contributed by atoms with Gasteiger partial charge in [0.2, 0.25) is 0 Å². The van der Waals surface area contributed by atoms with Crippen molar-refractivity contribution in [3.8, 4) is 0 Å². The quantitative estimate of drug-likeness (QED) is 0.0115. The van der Waals surface area contributed by atoms with E-state index in [9.17, 15) is 125 Å². The molecule has 0 aromatic heterocycles. The first-order valence-corrected chi connectivity index (χ1v) is 37.7. The SMILES string of the molecule is C=C(C)C(=O)OC(C)C(F)(F)[CH-]F.C=C(C)C(=O)OC(C)COCC(F)(F)[CH-]F.C=C(C)C(=O)OC(COCC(F)(F)[CH-]F)COCC(F)(F)[CH-]F.C=C(C)C(=O)OCC(O)COCC(F)(F)[CH-]F.C[Si](C)(C)CC(COCC(F)(F)[CH-]F)COCC(F)(F)[CH-]F.C[Si](C)(C)CCCOCC(F)(F)[CH-]F.[Rf].[Rf].[Rf].[Rf].[Rf].[Rf].[Rf].[Rf]. The van der Waals surface area contributed by atoms with Crippen LogP contribution >= 0.6 is 0 Å². The summed E-state index contributed by atoms with van der Waals surface area (Å²) in [5.41, 5.74) is 0.298. The second kappa shape index (κ2) is 63.1. The third-order valence-electron chi connectivity index (χ3n) is 10.6. The summed E-state index contributed by atoms with van der Waals surface area (Å²) in [5, 5.41) is 9.17. The molecule has 0 aliphatic heterocycles. The number of halogens is 24. The fourth-order valence-corrected chi connectivity index (χ4v) is 8.86. The Labute approximate surface area is 598 Å². The number of carbonyl (C=O) groups is 4. The van der Waals surface area contributed by atoms with E-state index >= 15 is 0 Å². The summed E-state index contributed by atoms with van der Waals surface area (Å²) in [7, 11) is -2.74. The molecule has 0 rings (SSSR count). The molecule has 0 heterocycles. The van der Waals surface area contributed by atoms with Crippen molar-refractivity contribution in [1.29, 1.82) is 0 Å². The first-order valence-electron chi connectivity index (χ1n) is 30.3. The van der Waals surface area contributed by atoms with Gasteiger partial charge in [0.15, 0.2) is 47.4 Å². The predicted molar refractivity (Wildman–Crippen MR) is 340 cm³/mol. The second-order valence-corrected chi connectivity index (χ2v) is 36.1. The van der Waals surface area contributed by atoms with E-state index in [0.29, 0.717) is 6.04 Å². The molecule has 642 valence electrons. The number of aliphatic hydroxyl groups excluding tert-OH is 1. The second-order valence-electron chi connectivity index (χ2n) is 25.0. The number of aliphatic hydroxyl groups is 1. The van der Waals surface area contributed by atoms with Crippen LogP contribution in [0.25, 0.3) is 0 Å². The smallest absolute Gasteiger partial charge is 0.333 e. The molecule has 0 saturated heterocycles. The zero-order valence-electron chi connectivity index (χ0n) is 65.4. The third-order valence-corrected chi connectivity index (χ3v) is 14.3. The topological polar surface area (TPSA) is 190 Å². The van der Waals surface area contributed by atoms with E-state index in [1.165, 1.54) is 34.6 Å². The van der Waals surface area contributed by atoms with Gasteiger partial charge in [-0.3, -0.25) is 0 Å². The Morgan fingerprint density at radius 1 is 0.363 bits per heavy atom. The van der Waals surface area contributed by atoms with Crippen LogP contribution in [0, 0.1) is 59.3 Å². The first-order chi connectivity index (χ1) is 47.6. The number of hydrogen-bond donors (Lipinski definition) is 1.